The number of aliphatic hydroxyl groups excluding tert-OH is 1. The Bertz CT molecular complexity index is 445. The lowest BCUT2D eigenvalue weighted by molar-refractivity contribution is -0.119. The summed E-state index contributed by atoms with van der Waals surface area (Å²) in [4.78, 5) is 11.9. The molecule has 3 nitrogen and oxygen atoms in total. The number of carbonyl (C=O) groups excluding carboxylic acids is 1. The maximum absolute atomic E-state index is 11.9. The molecule has 0 aliphatic carbocycles. The van der Waals surface area contributed by atoms with Crippen molar-refractivity contribution in [3.05, 3.63) is 40.9 Å². The van der Waals surface area contributed by atoms with E-state index in [4.69, 9.17) is 11.6 Å². The summed E-state index contributed by atoms with van der Waals surface area (Å²) in [5.74, 6) is -0.224. The van der Waals surface area contributed by atoms with Gasteiger partial charge in [-0.15, -0.1) is 0 Å². The normalized spacial score (nSPS) is 11.8. The van der Waals surface area contributed by atoms with Gasteiger partial charge in [0.15, 0.2) is 0 Å². The minimum absolute atomic E-state index is 0.0638. The van der Waals surface area contributed by atoms with Crippen LogP contribution in [-0.4, -0.2) is 23.2 Å². The van der Waals surface area contributed by atoms with Gasteiger partial charge in [0.1, 0.15) is 0 Å². The van der Waals surface area contributed by atoms with Gasteiger partial charge in [-0.2, -0.15) is 0 Å². The standard InChI is InChI=1S/C15H20ClNO2/c1-3-15(4-2,11-18)17-14(19)10-9-12-7-5-6-8-13(12)16/h5-10,18H,3-4,11H2,1-2H3,(H,17,19). The molecule has 104 valence electrons. The maximum atomic E-state index is 11.9. The van der Waals surface area contributed by atoms with Gasteiger partial charge in [-0.05, 0) is 30.5 Å². The van der Waals surface area contributed by atoms with Crippen molar-refractivity contribution < 1.29 is 9.90 Å². The molecule has 0 unspecified atom stereocenters. The third-order valence-electron chi connectivity index (χ3n) is 3.36. The fourth-order valence-corrected chi connectivity index (χ4v) is 1.97. The highest BCUT2D eigenvalue weighted by Crippen LogP contribution is 2.17. The summed E-state index contributed by atoms with van der Waals surface area (Å²) in [5, 5.41) is 12.8. The fourth-order valence-electron chi connectivity index (χ4n) is 1.77. The predicted molar refractivity (Wildman–Crippen MR) is 79.0 cm³/mol. The molecule has 4 heteroatoms. The molecule has 0 aliphatic heterocycles. The summed E-state index contributed by atoms with van der Waals surface area (Å²) in [6.45, 7) is 3.82. The van der Waals surface area contributed by atoms with Crippen LogP contribution in [0.4, 0.5) is 0 Å². The average molecular weight is 282 g/mol. The molecule has 1 aromatic carbocycles. The smallest absolute Gasteiger partial charge is 0.244 e. The second kappa shape index (κ2) is 7.31. The number of halogens is 1. The molecule has 1 aromatic rings. The van der Waals surface area contributed by atoms with E-state index in [1.54, 1.807) is 12.1 Å². The highest BCUT2D eigenvalue weighted by atomic mass is 35.5. The summed E-state index contributed by atoms with van der Waals surface area (Å²) in [6, 6.07) is 7.31. The number of aliphatic hydroxyl groups is 1. The number of hydrogen-bond donors (Lipinski definition) is 2. The van der Waals surface area contributed by atoms with Gasteiger partial charge in [0.2, 0.25) is 5.91 Å². The maximum Gasteiger partial charge on any atom is 0.244 e. The minimum Gasteiger partial charge on any atom is -0.394 e. The van der Waals surface area contributed by atoms with Crippen LogP contribution in [0.2, 0.25) is 5.02 Å². The van der Waals surface area contributed by atoms with E-state index in [-0.39, 0.29) is 12.5 Å². The van der Waals surface area contributed by atoms with Crippen LogP contribution < -0.4 is 5.32 Å². The van der Waals surface area contributed by atoms with Crippen molar-refractivity contribution in [3.63, 3.8) is 0 Å². The molecule has 0 saturated heterocycles. The first-order valence-electron chi connectivity index (χ1n) is 6.42. The Labute approximate surface area is 119 Å². The Morgan fingerprint density at radius 2 is 2.00 bits per heavy atom. The molecule has 2 N–H and O–H groups in total. The SMILES string of the molecule is CCC(CC)(CO)NC(=O)C=Cc1ccccc1Cl. The van der Waals surface area contributed by atoms with Crippen LogP contribution in [0.15, 0.2) is 30.3 Å². The van der Waals surface area contributed by atoms with Gasteiger partial charge in [0, 0.05) is 11.1 Å². The second-order valence-corrected chi connectivity index (χ2v) is 4.90. The van der Waals surface area contributed by atoms with Gasteiger partial charge in [0.05, 0.1) is 12.1 Å². The zero-order valence-electron chi connectivity index (χ0n) is 11.3. The largest absolute Gasteiger partial charge is 0.394 e. The highest BCUT2D eigenvalue weighted by Gasteiger charge is 2.26. The average Bonchev–Trinajstić information content (AvgIpc) is 2.44. The van der Waals surface area contributed by atoms with Crippen LogP contribution in [0.1, 0.15) is 32.3 Å². The van der Waals surface area contributed by atoms with Gasteiger partial charge >= 0.3 is 0 Å². The number of nitrogens with one attached hydrogen (secondary N) is 1. The summed E-state index contributed by atoms with van der Waals surface area (Å²) < 4.78 is 0. The molecule has 0 fully saturated rings. The lowest BCUT2D eigenvalue weighted by Crippen LogP contribution is -2.49. The number of rotatable bonds is 6. The summed E-state index contributed by atoms with van der Waals surface area (Å²) in [7, 11) is 0. The topological polar surface area (TPSA) is 49.3 Å². The van der Waals surface area contributed by atoms with E-state index in [1.165, 1.54) is 6.08 Å². The van der Waals surface area contributed by atoms with Crippen LogP contribution in [0.25, 0.3) is 6.08 Å². The first kappa shape index (κ1) is 15.7. The van der Waals surface area contributed by atoms with Gasteiger partial charge in [0.25, 0.3) is 0 Å². The fraction of sp³-hybridized carbons (Fsp3) is 0.400. The van der Waals surface area contributed by atoms with Crippen molar-refractivity contribution in [2.75, 3.05) is 6.61 Å². The van der Waals surface area contributed by atoms with E-state index in [9.17, 15) is 9.90 Å². The Balaban J connectivity index is 2.73. The van der Waals surface area contributed by atoms with Gasteiger partial charge in [-0.1, -0.05) is 43.6 Å². The third-order valence-corrected chi connectivity index (χ3v) is 3.71. The number of amides is 1. The molecule has 0 spiro atoms. The van der Waals surface area contributed by atoms with Crippen molar-refractivity contribution in [2.24, 2.45) is 0 Å². The number of carbonyl (C=O) groups is 1. The second-order valence-electron chi connectivity index (χ2n) is 4.49. The zero-order valence-corrected chi connectivity index (χ0v) is 12.1. The Morgan fingerprint density at radius 3 is 2.53 bits per heavy atom. The van der Waals surface area contributed by atoms with E-state index in [2.05, 4.69) is 5.32 Å². The van der Waals surface area contributed by atoms with Gasteiger partial charge in [-0.3, -0.25) is 4.79 Å². The Morgan fingerprint density at radius 1 is 1.37 bits per heavy atom. The Hall–Kier alpha value is -1.32. The third kappa shape index (κ3) is 4.37. The highest BCUT2D eigenvalue weighted by molar-refractivity contribution is 6.32. The van der Waals surface area contributed by atoms with Gasteiger partial charge < -0.3 is 10.4 Å². The number of benzene rings is 1. The molecule has 19 heavy (non-hydrogen) atoms. The van der Waals surface area contributed by atoms with E-state index in [1.807, 2.05) is 32.0 Å². The van der Waals surface area contributed by atoms with Crippen LogP contribution in [0.5, 0.6) is 0 Å². The molecule has 0 atom stereocenters. The summed E-state index contributed by atoms with van der Waals surface area (Å²) in [5.41, 5.74) is 0.254. The monoisotopic (exact) mass is 281 g/mol. The van der Waals surface area contributed by atoms with Crippen LogP contribution in [0, 0.1) is 0 Å². The molecule has 0 aliphatic rings. The summed E-state index contributed by atoms with van der Waals surface area (Å²) in [6.07, 6.45) is 4.49. The lowest BCUT2D eigenvalue weighted by Gasteiger charge is -2.30. The summed E-state index contributed by atoms with van der Waals surface area (Å²) >= 11 is 6.00. The van der Waals surface area contributed by atoms with Gasteiger partial charge in [-0.25, -0.2) is 0 Å². The zero-order chi connectivity index (χ0) is 14.3. The molecule has 0 radical (unpaired) electrons. The van der Waals surface area contributed by atoms with E-state index >= 15 is 0 Å². The van der Waals surface area contributed by atoms with Crippen molar-refractivity contribution in [1.29, 1.82) is 0 Å². The lowest BCUT2D eigenvalue weighted by atomic mass is 9.94. The molecular formula is C15H20ClNO2. The quantitative estimate of drug-likeness (QED) is 0.788. The molecule has 0 bridgehead atoms. The molecular weight excluding hydrogens is 262 g/mol. The van der Waals surface area contributed by atoms with Crippen LogP contribution >= 0.6 is 11.6 Å². The van der Waals surface area contributed by atoms with Crippen LogP contribution in [0.3, 0.4) is 0 Å². The molecule has 0 saturated carbocycles. The molecule has 1 amide bonds. The van der Waals surface area contributed by atoms with Crippen molar-refractivity contribution in [1.82, 2.24) is 5.32 Å². The van der Waals surface area contributed by atoms with E-state index in [0.29, 0.717) is 17.9 Å². The molecule has 0 aromatic heterocycles. The van der Waals surface area contributed by atoms with Crippen molar-refractivity contribution >= 4 is 23.6 Å². The van der Waals surface area contributed by atoms with E-state index < -0.39 is 5.54 Å². The first-order chi connectivity index (χ1) is 9.06. The van der Waals surface area contributed by atoms with E-state index in [0.717, 1.165) is 5.56 Å². The first-order valence-corrected chi connectivity index (χ1v) is 6.80. The Kier molecular flexibility index (Phi) is 6.06. The van der Waals surface area contributed by atoms with Crippen molar-refractivity contribution in [3.8, 4) is 0 Å². The minimum atomic E-state index is -0.540. The number of hydrogen-bond acceptors (Lipinski definition) is 2. The van der Waals surface area contributed by atoms with Crippen molar-refractivity contribution in [2.45, 2.75) is 32.2 Å². The predicted octanol–water partition coefficient (Wildman–Crippen LogP) is 3.02. The van der Waals surface area contributed by atoms with Crippen LogP contribution in [-0.2, 0) is 4.79 Å². The molecule has 1 rings (SSSR count). The molecule has 0 heterocycles.